The average Bonchev–Trinajstić information content (AvgIpc) is 2.62. The first kappa shape index (κ1) is 10.7. The molecular weight excluding hydrogens is 210 g/mol. The third-order valence-corrected chi connectivity index (χ3v) is 1.75. The molecule has 0 aliphatic rings. The molecule has 0 saturated carbocycles. The van der Waals surface area contributed by atoms with E-state index >= 15 is 0 Å². The van der Waals surface area contributed by atoms with E-state index in [-0.39, 0.29) is 12.4 Å². The smallest absolute Gasteiger partial charge is 0.159 e. The maximum Gasteiger partial charge on any atom is 0.159 e. The molecule has 1 N–H and O–H groups in total. The second kappa shape index (κ2) is 4.19. The molecule has 0 aliphatic heterocycles. The second-order valence-corrected chi connectivity index (χ2v) is 2.62. The van der Waals surface area contributed by atoms with Gasteiger partial charge in [-0.3, -0.25) is 5.10 Å². The van der Waals surface area contributed by atoms with E-state index in [0.29, 0.717) is 5.56 Å². The summed E-state index contributed by atoms with van der Waals surface area (Å²) in [6.07, 6.45) is 3.17. The van der Waals surface area contributed by atoms with Gasteiger partial charge >= 0.3 is 0 Å². The predicted molar refractivity (Wildman–Crippen MR) is 51.2 cm³/mol. The summed E-state index contributed by atoms with van der Waals surface area (Å²) >= 11 is 0. The lowest BCUT2D eigenvalue weighted by atomic mass is 10.1. The maximum atomic E-state index is 12.8. The highest BCUT2D eigenvalue weighted by atomic mass is 35.5. The van der Waals surface area contributed by atoms with Crippen molar-refractivity contribution in [1.29, 1.82) is 0 Å². The third kappa shape index (κ3) is 1.90. The zero-order chi connectivity index (χ0) is 9.26. The summed E-state index contributed by atoms with van der Waals surface area (Å²) in [4.78, 5) is 0. The molecule has 0 spiro atoms. The molecule has 2 rings (SSSR count). The highest BCUT2D eigenvalue weighted by Crippen LogP contribution is 2.19. The van der Waals surface area contributed by atoms with Crippen LogP contribution in [-0.2, 0) is 0 Å². The summed E-state index contributed by atoms with van der Waals surface area (Å²) in [6.45, 7) is 0. The monoisotopic (exact) mass is 216 g/mol. The lowest BCUT2D eigenvalue weighted by molar-refractivity contribution is 0.509. The van der Waals surface area contributed by atoms with Gasteiger partial charge in [0.05, 0.1) is 6.20 Å². The van der Waals surface area contributed by atoms with Crippen LogP contribution in [0.1, 0.15) is 0 Å². The maximum absolute atomic E-state index is 12.8. The van der Waals surface area contributed by atoms with Crippen LogP contribution in [0.15, 0.2) is 30.6 Å². The summed E-state index contributed by atoms with van der Waals surface area (Å²) in [6, 6.07) is 3.74. The number of nitrogens with zero attached hydrogens (tertiary/aromatic N) is 1. The highest BCUT2D eigenvalue weighted by molar-refractivity contribution is 5.85. The van der Waals surface area contributed by atoms with Crippen LogP contribution in [0, 0.1) is 11.6 Å². The fourth-order valence-corrected chi connectivity index (χ4v) is 1.08. The van der Waals surface area contributed by atoms with E-state index in [1.807, 2.05) is 0 Å². The fourth-order valence-electron chi connectivity index (χ4n) is 1.08. The highest BCUT2D eigenvalue weighted by Gasteiger charge is 2.04. The molecule has 0 amide bonds. The first-order valence-corrected chi connectivity index (χ1v) is 3.71. The van der Waals surface area contributed by atoms with E-state index in [2.05, 4.69) is 10.2 Å². The predicted octanol–water partition coefficient (Wildman–Crippen LogP) is 2.78. The molecule has 0 fully saturated rings. The van der Waals surface area contributed by atoms with Gasteiger partial charge in [0.15, 0.2) is 11.6 Å². The van der Waals surface area contributed by atoms with Crippen LogP contribution in [0.5, 0.6) is 0 Å². The molecule has 2 nitrogen and oxygen atoms in total. The van der Waals surface area contributed by atoms with E-state index in [9.17, 15) is 8.78 Å². The van der Waals surface area contributed by atoms with Gasteiger partial charge in [0.25, 0.3) is 0 Å². The molecule has 2 aromatic rings. The summed E-state index contributed by atoms with van der Waals surface area (Å²) in [5.74, 6) is -1.69. The van der Waals surface area contributed by atoms with Crippen molar-refractivity contribution in [3.05, 3.63) is 42.2 Å². The van der Waals surface area contributed by atoms with Crippen LogP contribution in [0.4, 0.5) is 8.78 Å². The lowest BCUT2D eigenvalue weighted by Gasteiger charge is -1.97. The van der Waals surface area contributed by atoms with Crippen molar-refractivity contribution in [1.82, 2.24) is 10.2 Å². The Morgan fingerprint density at radius 3 is 2.43 bits per heavy atom. The minimum Gasteiger partial charge on any atom is -0.285 e. The van der Waals surface area contributed by atoms with Gasteiger partial charge in [-0.25, -0.2) is 8.78 Å². The van der Waals surface area contributed by atoms with E-state index in [4.69, 9.17) is 0 Å². The van der Waals surface area contributed by atoms with Crippen molar-refractivity contribution in [3.8, 4) is 11.1 Å². The van der Waals surface area contributed by atoms with Gasteiger partial charge in [-0.2, -0.15) is 5.10 Å². The molecule has 74 valence electrons. The molecule has 0 unspecified atom stereocenters. The second-order valence-electron chi connectivity index (χ2n) is 2.62. The minimum absolute atomic E-state index is 0. The van der Waals surface area contributed by atoms with Gasteiger partial charge in [-0.15, -0.1) is 12.4 Å². The molecule has 5 heteroatoms. The topological polar surface area (TPSA) is 28.7 Å². The molecule has 0 atom stereocenters. The van der Waals surface area contributed by atoms with E-state index < -0.39 is 11.6 Å². The van der Waals surface area contributed by atoms with Crippen LogP contribution in [-0.4, -0.2) is 10.2 Å². The molecule has 0 radical (unpaired) electrons. The molecule has 1 aromatic carbocycles. The van der Waals surface area contributed by atoms with Crippen molar-refractivity contribution in [2.75, 3.05) is 0 Å². The summed E-state index contributed by atoms with van der Waals surface area (Å²) in [5.41, 5.74) is 1.34. The SMILES string of the molecule is Cl.Fc1ccc(-c2cn[nH]c2)cc1F. The first-order chi connectivity index (χ1) is 6.27. The van der Waals surface area contributed by atoms with Crippen LogP contribution in [0.3, 0.4) is 0 Å². The van der Waals surface area contributed by atoms with Gasteiger partial charge in [0.1, 0.15) is 0 Å². The molecule has 1 aromatic heterocycles. The van der Waals surface area contributed by atoms with Crippen LogP contribution < -0.4 is 0 Å². The molecule has 0 aliphatic carbocycles. The van der Waals surface area contributed by atoms with Gasteiger partial charge in [0, 0.05) is 11.8 Å². The van der Waals surface area contributed by atoms with Crippen molar-refractivity contribution in [3.63, 3.8) is 0 Å². The number of benzene rings is 1. The summed E-state index contributed by atoms with van der Waals surface area (Å²) in [7, 11) is 0. The quantitative estimate of drug-likeness (QED) is 0.780. The van der Waals surface area contributed by atoms with Gasteiger partial charge in [-0.05, 0) is 17.7 Å². The largest absolute Gasteiger partial charge is 0.285 e. The summed E-state index contributed by atoms with van der Waals surface area (Å²) in [5, 5.41) is 6.31. The van der Waals surface area contributed by atoms with Gasteiger partial charge in [0.2, 0.25) is 0 Å². The minimum atomic E-state index is -0.848. The Balaban J connectivity index is 0.000000980. The molecular formula is C9H7ClF2N2. The zero-order valence-electron chi connectivity index (χ0n) is 7.00. The van der Waals surface area contributed by atoms with Crippen LogP contribution >= 0.6 is 12.4 Å². The average molecular weight is 217 g/mol. The standard InChI is InChI=1S/C9H6F2N2.ClH/c10-8-2-1-6(3-9(8)11)7-4-12-13-5-7;/h1-5H,(H,12,13);1H. The number of nitrogens with one attached hydrogen (secondary N) is 1. The van der Waals surface area contributed by atoms with E-state index in [0.717, 1.165) is 17.7 Å². The Morgan fingerprint density at radius 1 is 1.07 bits per heavy atom. The molecule has 0 bridgehead atoms. The van der Waals surface area contributed by atoms with Crippen molar-refractivity contribution >= 4 is 12.4 Å². The number of rotatable bonds is 1. The van der Waals surface area contributed by atoms with Crippen molar-refractivity contribution < 1.29 is 8.78 Å². The Labute approximate surface area is 85.4 Å². The Hall–Kier alpha value is -1.42. The van der Waals surface area contributed by atoms with E-state index in [1.54, 1.807) is 12.4 Å². The van der Waals surface area contributed by atoms with E-state index in [1.165, 1.54) is 6.07 Å². The Kier molecular flexibility index (Phi) is 3.19. The number of halogens is 3. The normalized spacial score (nSPS) is 9.57. The van der Waals surface area contributed by atoms with Crippen LogP contribution in [0.2, 0.25) is 0 Å². The fraction of sp³-hybridized carbons (Fsp3) is 0. The first-order valence-electron chi connectivity index (χ1n) is 3.71. The van der Waals surface area contributed by atoms with Gasteiger partial charge < -0.3 is 0 Å². The summed E-state index contributed by atoms with van der Waals surface area (Å²) < 4.78 is 25.3. The molecule has 0 saturated heterocycles. The number of aromatic nitrogens is 2. The van der Waals surface area contributed by atoms with Crippen molar-refractivity contribution in [2.45, 2.75) is 0 Å². The third-order valence-electron chi connectivity index (χ3n) is 1.75. The molecule has 1 heterocycles. The Morgan fingerprint density at radius 2 is 1.86 bits per heavy atom. The number of hydrogen-bond acceptors (Lipinski definition) is 1. The van der Waals surface area contributed by atoms with Crippen molar-refractivity contribution in [2.24, 2.45) is 0 Å². The Bertz CT molecular complexity index is 415. The van der Waals surface area contributed by atoms with Crippen LogP contribution in [0.25, 0.3) is 11.1 Å². The zero-order valence-corrected chi connectivity index (χ0v) is 7.81. The number of hydrogen-bond donors (Lipinski definition) is 1. The number of H-pyrrole nitrogens is 1. The number of aromatic amines is 1. The lowest BCUT2D eigenvalue weighted by Crippen LogP contribution is -1.83. The molecule has 14 heavy (non-hydrogen) atoms. The van der Waals surface area contributed by atoms with Gasteiger partial charge in [-0.1, -0.05) is 6.07 Å².